The molecule has 0 aliphatic heterocycles. The number of thiazole rings is 1. The number of aliphatic carboxylic acids is 1. The van der Waals surface area contributed by atoms with Crippen molar-refractivity contribution >= 4 is 39.1 Å². The molecule has 0 saturated heterocycles. The number of anilines is 1. The Hall–Kier alpha value is -3.03. The molecule has 0 aliphatic carbocycles. The fraction of sp³-hybridized carbons (Fsp3) is 0.190. The summed E-state index contributed by atoms with van der Waals surface area (Å²) in [6, 6.07) is 12.6. The molecule has 1 atom stereocenters. The Kier molecular flexibility index (Phi) is 6.18. The average molecular weight is 395 g/mol. The Morgan fingerprint density at radius 2 is 2.00 bits per heavy atom. The number of carboxylic acids is 1. The van der Waals surface area contributed by atoms with Gasteiger partial charge in [-0.2, -0.15) is 0 Å². The number of rotatable bonds is 8. The number of hydrogen-bond donors (Lipinski definition) is 3. The summed E-state index contributed by atoms with van der Waals surface area (Å²) in [5, 5.41) is 15.6. The summed E-state index contributed by atoms with van der Waals surface area (Å²) >= 11 is 1.62. The van der Waals surface area contributed by atoms with Crippen LogP contribution >= 0.6 is 11.3 Å². The lowest BCUT2D eigenvalue weighted by molar-refractivity contribution is -0.140. The first-order valence-electron chi connectivity index (χ1n) is 8.81. The number of benzene rings is 2. The molecular formula is C21H21N3O3S. The lowest BCUT2D eigenvalue weighted by Crippen LogP contribution is -2.39. The van der Waals surface area contributed by atoms with E-state index in [4.69, 9.17) is 0 Å². The predicted molar refractivity (Wildman–Crippen MR) is 113 cm³/mol. The highest BCUT2D eigenvalue weighted by molar-refractivity contribution is 7.21. The van der Waals surface area contributed by atoms with Crippen molar-refractivity contribution in [3.05, 3.63) is 60.7 Å². The Labute approximate surface area is 166 Å². The smallest absolute Gasteiger partial charge is 0.321 e. The molecule has 3 rings (SSSR count). The largest absolute Gasteiger partial charge is 0.480 e. The van der Waals surface area contributed by atoms with Gasteiger partial charge in [0.05, 0.1) is 16.6 Å². The maximum absolute atomic E-state index is 12.1. The zero-order valence-corrected chi connectivity index (χ0v) is 16.3. The van der Waals surface area contributed by atoms with E-state index in [1.54, 1.807) is 29.5 Å². The number of carbonyl (C=O) groups excluding carboxylic acids is 1. The standard InChI is InChI=1S/C21H21N3O3S/c1-3-10-22-17(21(26)27)12-19(25)23-15-7-5-14(6-8-15)20-24-16-9-4-13(2)11-18(16)28-20/h3-9,11,17,22H,1,10,12H2,2H3,(H,23,25)(H,26,27). The van der Waals surface area contributed by atoms with Gasteiger partial charge in [-0.05, 0) is 48.9 Å². The van der Waals surface area contributed by atoms with Gasteiger partial charge in [0.25, 0.3) is 0 Å². The third kappa shape index (κ3) is 4.82. The van der Waals surface area contributed by atoms with E-state index >= 15 is 0 Å². The first kappa shape index (κ1) is 19.7. The van der Waals surface area contributed by atoms with Gasteiger partial charge in [-0.25, -0.2) is 4.98 Å². The number of nitrogens with one attached hydrogen (secondary N) is 2. The van der Waals surface area contributed by atoms with Crippen molar-refractivity contribution in [1.29, 1.82) is 0 Å². The van der Waals surface area contributed by atoms with Crippen LogP contribution in [0.4, 0.5) is 5.69 Å². The van der Waals surface area contributed by atoms with Gasteiger partial charge in [0.15, 0.2) is 0 Å². The second-order valence-electron chi connectivity index (χ2n) is 6.41. The fourth-order valence-electron chi connectivity index (χ4n) is 2.72. The van der Waals surface area contributed by atoms with Gasteiger partial charge in [-0.3, -0.25) is 9.59 Å². The Morgan fingerprint density at radius 3 is 2.68 bits per heavy atom. The van der Waals surface area contributed by atoms with E-state index in [0.29, 0.717) is 12.2 Å². The maximum Gasteiger partial charge on any atom is 0.321 e. The minimum atomic E-state index is -1.07. The molecule has 3 N–H and O–H groups in total. The van der Waals surface area contributed by atoms with Gasteiger partial charge in [0, 0.05) is 17.8 Å². The molecule has 0 saturated carbocycles. The molecule has 1 amide bonds. The van der Waals surface area contributed by atoms with Crippen LogP contribution in [0, 0.1) is 6.92 Å². The molecule has 0 radical (unpaired) electrons. The summed E-state index contributed by atoms with van der Waals surface area (Å²) in [4.78, 5) is 28.0. The number of fused-ring (bicyclic) bond motifs is 1. The summed E-state index contributed by atoms with van der Waals surface area (Å²) in [5.74, 6) is -1.44. The van der Waals surface area contributed by atoms with Gasteiger partial charge in [-0.15, -0.1) is 17.9 Å². The van der Waals surface area contributed by atoms with Crippen LogP contribution in [0.2, 0.25) is 0 Å². The highest BCUT2D eigenvalue weighted by Crippen LogP contribution is 2.31. The molecular weight excluding hydrogens is 374 g/mol. The fourth-order valence-corrected chi connectivity index (χ4v) is 3.79. The first-order valence-corrected chi connectivity index (χ1v) is 9.62. The summed E-state index contributed by atoms with van der Waals surface area (Å²) in [6.07, 6.45) is 1.39. The van der Waals surface area contributed by atoms with Gasteiger partial charge < -0.3 is 15.7 Å². The van der Waals surface area contributed by atoms with Gasteiger partial charge in [0.1, 0.15) is 11.0 Å². The maximum atomic E-state index is 12.1. The molecule has 0 spiro atoms. The third-order valence-corrected chi connectivity index (χ3v) is 5.22. The van der Waals surface area contributed by atoms with Crippen LogP contribution in [-0.4, -0.2) is 34.6 Å². The third-order valence-electron chi connectivity index (χ3n) is 4.16. The summed E-state index contributed by atoms with van der Waals surface area (Å²) in [5.41, 5.74) is 3.74. The van der Waals surface area contributed by atoms with Crippen molar-refractivity contribution in [3.8, 4) is 10.6 Å². The summed E-state index contributed by atoms with van der Waals surface area (Å²) < 4.78 is 1.14. The molecule has 1 aromatic heterocycles. The normalized spacial score (nSPS) is 11.9. The highest BCUT2D eigenvalue weighted by Gasteiger charge is 2.20. The van der Waals surface area contributed by atoms with E-state index in [1.807, 2.05) is 24.3 Å². The van der Waals surface area contributed by atoms with E-state index < -0.39 is 12.0 Å². The van der Waals surface area contributed by atoms with E-state index in [1.165, 1.54) is 5.56 Å². The molecule has 6 nitrogen and oxygen atoms in total. The lowest BCUT2D eigenvalue weighted by atomic mass is 10.1. The van der Waals surface area contributed by atoms with E-state index in [-0.39, 0.29) is 12.3 Å². The van der Waals surface area contributed by atoms with Crippen LogP contribution < -0.4 is 10.6 Å². The van der Waals surface area contributed by atoms with Crippen molar-refractivity contribution in [3.63, 3.8) is 0 Å². The van der Waals surface area contributed by atoms with Crippen LogP contribution in [0.3, 0.4) is 0 Å². The number of carboxylic acid groups (broad SMARTS) is 1. The second kappa shape index (κ2) is 8.77. The average Bonchev–Trinajstić information content (AvgIpc) is 3.08. The van der Waals surface area contributed by atoms with Gasteiger partial charge >= 0.3 is 5.97 Å². The number of aryl methyl sites for hydroxylation is 1. The minimum Gasteiger partial charge on any atom is -0.480 e. The van der Waals surface area contributed by atoms with Crippen molar-refractivity contribution in [2.75, 3.05) is 11.9 Å². The quantitative estimate of drug-likeness (QED) is 0.504. The highest BCUT2D eigenvalue weighted by atomic mass is 32.1. The SMILES string of the molecule is C=CCNC(CC(=O)Nc1ccc(-c2nc3ccc(C)cc3s2)cc1)C(=O)O. The van der Waals surface area contributed by atoms with E-state index in [0.717, 1.165) is 20.8 Å². The number of hydrogen-bond acceptors (Lipinski definition) is 5. The topological polar surface area (TPSA) is 91.3 Å². The number of amides is 1. The monoisotopic (exact) mass is 395 g/mol. The van der Waals surface area contributed by atoms with E-state index in [2.05, 4.69) is 35.2 Å². The zero-order valence-electron chi connectivity index (χ0n) is 15.4. The molecule has 2 aromatic carbocycles. The molecule has 3 aromatic rings. The zero-order chi connectivity index (χ0) is 20.1. The molecule has 1 unspecified atom stereocenters. The van der Waals surface area contributed by atoms with Crippen molar-refractivity contribution in [1.82, 2.24) is 10.3 Å². The number of nitrogens with zero attached hydrogens (tertiary/aromatic N) is 1. The number of carbonyl (C=O) groups is 2. The van der Waals surface area contributed by atoms with Crippen molar-refractivity contribution < 1.29 is 14.7 Å². The molecule has 7 heteroatoms. The van der Waals surface area contributed by atoms with Crippen molar-refractivity contribution in [2.45, 2.75) is 19.4 Å². The van der Waals surface area contributed by atoms with Crippen LogP contribution in [0.15, 0.2) is 55.1 Å². The Morgan fingerprint density at radius 1 is 1.25 bits per heavy atom. The van der Waals surface area contributed by atoms with Crippen LogP contribution in [-0.2, 0) is 9.59 Å². The Balaban J connectivity index is 1.67. The van der Waals surface area contributed by atoms with Crippen LogP contribution in [0.1, 0.15) is 12.0 Å². The molecule has 0 bridgehead atoms. The molecule has 0 aliphatic rings. The van der Waals surface area contributed by atoms with Crippen LogP contribution in [0.25, 0.3) is 20.8 Å². The summed E-state index contributed by atoms with van der Waals surface area (Å²) in [6.45, 7) is 5.90. The minimum absolute atomic E-state index is 0.165. The van der Waals surface area contributed by atoms with Crippen molar-refractivity contribution in [2.24, 2.45) is 0 Å². The second-order valence-corrected chi connectivity index (χ2v) is 7.44. The Bertz CT molecular complexity index is 1010. The van der Waals surface area contributed by atoms with Gasteiger partial charge in [-0.1, -0.05) is 12.1 Å². The van der Waals surface area contributed by atoms with Gasteiger partial charge in [0.2, 0.25) is 5.91 Å². The first-order chi connectivity index (χ1) is 13.5. The number of aromatic nitrogens is 1. The molecule has 1 heterocycles. The van der Waals surface area contributed by atoms with Crippen LogP contribution in [0.5, 0.6) is 0 Å². The predicted octanol–water partition coefficient (Wildman–Crippen LogP) is 3.83. The molecule has 0 fully saturated rings. The summed E-state index contributed by atoms with van der Waals surface area (Å²) in [7, 11) is 0. The molecule has 28 heavy (non-hydrogen) atoms. The van der Waals surface area contributed by atoms with E-state index in [9.17, 15) is 14.7 Å². The lowest BCUT2D eigenvalue weighted by Gasteiger charge is -2.13. The molecule has 144 valence electrons.